The van der Waals surface area contributed by atoms with Gasteiger partial charge in [-0.2, -0.15) is 25.6 Å². The number of amides is 2. The van der Waals surface area contributed by atoms with Gasteiger partial charge < -0.3 is 15.8 Å². The third-order valence-corrected chi connectivity index (χ3v) is 8.83. The van der Waals surface area contributed by atoms with Crippen LogP contribution in [0.25, 0.3) is 0 Å². The molecule has 0 saturated carbocycles. The first-order chi connectivity index (χ1) is 22.9. The standard InChI is InChI=1S/C15H15FN4O5S.C15H17FN4O3S/c1-15(2,3)10-8-7-9(13(16)17-10)14(21)19-26(24,25)12-6-4-5-11(18-12)20(22)23;1-15(2,3)10-8-7-9(13(16)18-10)14(21)20-24(22,23)12-6-4-5-11(17)19-12/h4-8H,1-3H3,(H,19,21);4-8H,1-3H3,(H2,17,19)(H,20,21). The highest BCUT2D eigenvalue weighted by Crippen LogP contribution is 2.23. The van der Waals surface area contributed by atoms with Gasteiger partial charge in [-0.05, 0) is 52.4 Å². The van der Waals surface area contributed by atoms with Crippen LogP contribution >= 0.6 is 0 Å². The lowest BCUT2D eigenvalue weighted by molar-refractivity contribution is -0.390. The molecule has 0 saturated heterocycles. The topological polar surface area (TPSA) is 247 Å². The van der Waals surface area contributed by atoms with Crippen LogP contribution in [-0.4, -0.2) is 53.5 Å². The number of halogens is 2. The molecule has 0 fully saturated rings. The number of sulfonamides is 2. The molecule has 20 heteroatoms. The van der Waals surface area contributed by atoms with Crippen molar-refractivity contribution in [1.29, 1.82) is 0 Å². The lowest BCUT2D eigenvalue weighted by Gasteiger charge is -2.18. The minimum Gasteiger partial charge on any atom is -0.384 e. The lowest BCUT2D eigenvalue weighted by atomic mass is 9.91. The number of nitrogens with two attached hydrogens (primary N) is 1. The summed E-state index contributed by atoms with van der Waals surface area (Å²) in [5.41, 5.74) is 4.32. The molecule has 4 rings (SSSR count). The molecule has 0 spiro atoms. The zero-order valence-corrected chi connectivity index (χ0v) is 29.1. The molecule has 4 heterocycles. The van der Waals surface area contributed by atoms with Gasteiger partial charge in [0.25, 0.3) is 26.9 Å². The summed E-state index contributed by atoms with van der Waals surface area (Å²) in [5, 5.41) is 9.51. The third-order valence-electron chi connectivity index (χ3n) is 6.37. The zero-order valence-electron chi connectivity index (χ0n) is 27.4. The summed E-state index contributed by atoms with van der Waals surface area (Å²) in [6.45, 7) is 10.9. The smallest absolute Gasteiger partial charge is 0.364 e. The zero-order chi connectivity index (χ0) is 37.8. The van der Waals surface area contributed by atoms with Gasteiger partial charge >= 0.3 is 15.8 Å². The molecule has 0 aliphatic heterocycles. The van der Waals surface area contributed by atoms with Gasteiger partial charge in [0.05, 0.1) is 11.1 Å². The van der Waals surface area contributed by atoms with Gasteiger partial charge in [-0.1, -0.05) is 47.6 Å². The van der Waals surface area contributed by atoms with Gasteiger partial charge in [0.15, 0.2) is 5.03 Å². The van der Waals surface area contributed by atoms with E-state index in [0.717, 1.165) is 24.3 Å². The molecular weight excluding hydrogens is 703 g/mol. The minimum atomic E-state index is -4.53. The SMILES string of the molecule is CC(C)(C)c1ccc(C(=O)NS(=O)(=O)c2cccc(N)n2)c(F)n1.CC(C)(C)c1ccc(C(=O)NS(=O)(=O)c2cccc([N+](=O)[O-])n2)c(F)n1. The number of nitro groups is 1. The molecule has 0 unspecified atom stereocenters. The summed E-state index contributed by atoms with van der Waals surface area (Å²) >= 11 is 0. The van der Waals surface area contributed by atoms with Crippen molar-refractivity contribution in [3.05, 3.63) is 105 Å². The number of nitrogen functional groups attached to an aromatic ring is 1. The summed E-state index contributed by atoms with van der Waals surface area (Å²) in [4.78, 5) is 48.4. The first-order valence-electron chi connectivity index (χ1n) is 14.2. The van der Waals surface area contributed by atoms with Crippen molar-refractivity contribution in [3.8, 4) is 0 Å². The van der Waals surface area contributed by atoms with Crippen molar-refractivity contribution in [2.75, 3.05) is 5.73 Å². The molecule has 0 radical (unpaired) electrons. The number of anilines is 1. The van der Waals surface area contributed by atoms with Crippen LogP contribution in [0.4, 0.5) is 20.4 Å². The van der Waals surface area contributed by atoms with E-state index in [0.29, 0.717) is 11.4 Å². The first kappa shape index (κ1) is 38.9. The molecule has 0 aliphatic carbocycles. The molecule has 2 amide bonds. The number of aromatic nitrogens is 4. The highest BCUT2D eigenvalue weighted by Gasteiger charge is 2.28. The fraction of sp³-hybridized carbons (Fsp3) is 0.267. The number of nitrogens with one attached hydrogen (secondary N) is 2. The summed E-state index contributed by atoms with van der Waals surface area (Å²) in [6, 6.07) is 12.2. The molecular formula is C30H32F2N8O8S2. The van der Waals surface area contributed by atoms with Crippen molar-refractivity contribution in [3.63, 3.8) is 0 Å². The fourth-order valence-electron chi connectivity index (χ4n) is 3.74. The van der Waals surface area contributed by atoms with Crippen molar-refractivity contribution >= 4 is 43.5 Å². The van der Waals surface area contributed by atoms with Gasteiger partial charge in [-0.15, -0.1) is 0 Å². The van der Waals surface area contributed by atoms with Crippen molar-refractivity contribution in [2.24, 2.45) is 0 Å². The van der Waals surface area contributed by atoms with E-state index < -0.39 is 86.5 Å². The Morgan fingerprint density at radius 3 is 1.44 bits per heavy atom. The second-order valence-electron chi connectivity index (χ2n) is 12.4. The predicted molar refractivity (Wildman–Crippen MR) is 175 cm³/mol. The third kappa shape index (κ3) is 9.78. The van der Waals surface area contributed by atoms with E-state index >= 15 is 0 Å². The summed E-state index contributed by atoms with van der Waals surface area (Å²) < 4.78 is 80.1. The molecule has 0 atom stereocenters. The van der Waals surface area contributed by atoms with Crippen LogP contribution in [0.1, 0.15) is 73.6 Å². The van der Waals surface area contributed by atoms with Crippen molar-refractivity contribution in [2.45, 2.75) is 62.4 Å². The molecule has 0 aliphatic rings. The molecule has 266 valence electrons. The second-order valence-corrected chi connectivity index (χ2v) is 15.7. The van der Waals surface area contributed by atoms with Crippen LogP contribution in [0.2, 0.25) is 0 Å². The first-order valence-corrected chi connectivity index (χ1v) is 17.2. The summed E-state index contributed by atoms with van der Waals surface area (Å²) in [5.74, 6) is -5.29. The average Bonchev–Trinajstić information content (AvgIpc) is 3.00. The van der Waals surface area contributed by atoms with Crippen molar-refractivity contribution < 1.29 is 40.1 Å². The van der Waals surface area contributed by atoms with Crippen molar-refractivity contribution in [1.82, 2.24) is 29.4 Å². The Morgan fingerprint density at radius 2 is 1.08 bits per heavy atom. The summed E-state index contributed by atoms with van der Waals surface area (Å²) in [7, 11) is -8.80. The maximum absolute atomic E-state index is 14.1. The molecule has 4 aromatic rings. The van der Waals surface area contributed by atoms with Crippen LogP contribution in [0.3, 0.4) is 0 Å². The van der Waals surface area contributed by atoms with Crippen LogP contribution in [-0.2, 0) is 30.9 Å². The van der Waals surface area contributed by atoms with Crippen LogP contribution in [0.5, 0.6) is 0 Å². The maximum atomic E-state index is 14.1. The van der Waals surface area contributed by atoms with E-state index in [1.807, 2.05) is 20.8 Å². The summed E-state index contributed by atoms with van der Waals surface area (Å²) in [6.07, 6.45) is 0. The van der Waals surface area contributed by atoms with E-state index in [9.17, 15) is 45.3 Å². The highest BCUT2D eigenvalue weighted by atomic mass is 32.2. The van der Waals surface area contributed by atoms with Gasteiger partial charge in [-0.25, -0.2) is 24.4 Å². The Balaban J connectivity index is 0.000000271. The Bertz CT molecular complexity index is 2190. The number of hydrogen-bond donors (Lipinski definition) is 3. The van der Waals surface area contributed by atoms with E-state index in [1.54, 1.807) is 30.2 Å². The number of pyridine rings is 4. The quantitative estimate of drug-likeness (QED) is 0.140. The number of hydrogen-bond acceptors (Lipinski definition) is 13. The number of rotatable bonds is 7. The molecule has 4 N–H and O–H groups in total. The Kier molecular flexibility index (Phi) is 11.3. The Morgan fingerprint density at radius 1 is 0.680 bits per heavy atom. The molecule has 16 nitrogen and oxygen atoms in total. The molecule has 0 bridgehead atoms. The number of nitrogens with zero attached hydrogens (tertiary/aromatic N) is 5. The predicted octanol–water partition coefficient (Wildman–Crippen LogP) is 3.55. The molecule has 4 aromatic heterocycles. The van der Waals surface area contributed by atoms with Gasteiger partial charge in [0.1, 0.15) is 5.82 Å². The van der Waals surface area contributed by atoms with Gasteiger partial charge in [-0.3, -0.25) is 9.59 Å². The monoisotopic (exact) mass is 734 g/mol. The minimum absolute atomic E-state index is 0.0206. The fourth-order valence-corrected chi connectivity index (χ4v) is 5.61. The number of carbonyl (C=O) groups is 2. The Labute approximate surface area is 285 Å². The van der Waals surface area contributed by atoms with Gasteiger partial charge in [0.2, 0.25) is 11.9 Å². The van der Waals surface area contributed by atoms with E-state index in [2.05, 4.69) is 19.9 Å². The average molecular weight is 735 g/mol. The van der Waals surface area contributed by atoms with Crippen LogP contribution in [0, 0.1) is 22.0 Å². The van der Waals surface area contributed by atoms with E-state index in [-0.39, 0.29) is 5.82 Å². The molecule has 0 aromatic carbocycles. The van der Waals surface area contributed by atoms with Gasteiger partial charge in [0, 0.05) is 34.4 Å². The molecule has 50 heavy (non-hydrogen) atoms. The lowest BCUT2D eigenvalue weighted by Crippen LogP contribution is -2.32. The maximum Gasteiger partial charge on any atom is 0.364 e. The van der Waals surface area contributed by atoms with E-state index in [4.69, 9.17) is 5.73 Å². The Hall–Kier alpha value is -5.50. The normalized spacial score (nSPS) is 11.9. The second kappa shape index (κ2) is 14.5. The van der Waals surface area contributed by atoms with Crippen LogP contribution < -0.4 is 15.2 Å². The largest absolute Gasteiger partial charge is 0.384 e. The van der Waals surface area contributed by atoms with E-state index in [1.165, 1.54) is 36.4 Å². The van der Waals surface area contributed by atoms with Crippen LogP contribution in [0.15, 0.2) is 70.7 Å². The number of carbonyl (C=O) groups excluding carboxylic acids is 2. The highest BCUT2D eigenvalue weighted by molar-refractivity contribution is 7.90.